The Morgan fingerprint density at radius 1 is 1.16 bits per heavy atom. The molecule has 102 valence electrons. The Morgan fingerprint density at radius 2 is 1.84 bits per heavy atom. The third-order valence-corrected chi connectivity index (χ3v) is 3.66. The molecule has 4 heteroatoms. The highest BCUT2D eigenvalue weighted by atomic mass is 16.5. The van der Waals surface area contributed by atoms with Gasteiger partial charge >= 0.3 is 0 Å². The minimum absolute atomic E-state index is 0.879. The molecular formula is C15H21N3O. The highest BCUT2D eigenvalue weighted by Crippen LogP contribution is 2.35. The first-order valence-electron chi connectivity index (χ1n) is 6.36. The molecule has 19 heavy (non-hydrogen) atoms. The second-order valence-electron chi connectivity index (χ2n) is 4.81. The number of rotatable bonds is 3. The lowest BCUT2D eigenvalue weighted by atomic mass is 9.95. The van der Waals surface area contributed by atoms with Crippen molar-refractivity contribution in [2.24, 2.45) is 7.05 Å². The minimum atomic E-state index is 0.879. The quantitative estimate of drug-likeness (QED) is 0.920. The number of anilines is 1. The maximum atomic E-state index is 5.42. The van der Waals surface area contributed by atoms with Crippen LogP contribution in [0.15, 0.2) is 12.1 Å². The molecule has 1 aromatic heterocycles. The molecule has 0 aliphatic rings. The van der Waals surface area contributed by atoms with Gasteiger partial charge in [0.2, 0.25) is 0 Å². The summed E-state index contributed by atoms with van der Waals surface area (Å²) in [4.78, 5) is 0. The van der Waals surface area contributed by atoms with Gasteiger partial charge in [-0.15, -0.1) is 0 Å². The van der Waals surface area contributed by atoms with Gasteiger partial charge in [-0.25, -0.2) is 0 Å². The largest absolute Gasteiger partial charge is 0.496 e. The van der Waals surface area contributed by atoms with Crippen molar-refractivity contribution in [1.82, 2.24) is 9.78 Å². The summed E-state index contributed by atoms with van der Waals surface area (Å²) in [6.07, 6.45) is 0. The average Bonchev–Trinajstić information content (AvgIpc) is 2.75. The number of hydrogen-bond acceptors (Lipinski definition) is 3. The molecular weight excluding hydrogens is 238 g/mol. The van der Waals surface area contributed by atoms with Crippen LogP contribution in [0.4, 0.5) is 5.82 Å². The zero-order chi connectivity index (χ0) is 14.2. The van der Waals surface area contributed by atoms with Gasteiger partial charge in [0.1, 0.15) is 11.6 Å². The van der Waals surface area contributed by atoms with Gasteiger partial charge in [-0.1, -0.05) is 0 Å². The van der Waals surface area contributed by atoms with Crippen LogP contribution in [0.5, 0.6) is 5.75 Å². The molecule has 0 saturated heterocycles. The molecule has 0 unspecified atom stereocenters. The summed E-state index contributed by atoms with van der Waals surface area (Å²) in [6, 6.07) is 4.16. The molecule has 1 heterocycles. The van der Waals surface area contributed by atoms with Crippen LogP contribution >= 0.6 is 0 Å². The summed E-state index contributed by atoms with van der Waals surface area (Å²) in [7, 11) is 5.56. The fourth-order valence-electron chi connectivity index (χ4n) is 2.47. The lowest BCUT2D eigenvalue weighted by Crippen LogP contribution is -2.00. The van der Waals surface area contributed by atoms with Crippen LogP contribution in [0.2, 0.25) is 0 Å². The lowest BCUT2D eigenvalue weighted by molar-refractivity contribution is 0.411. The SMILES string of the molecule is CNc1cc(-c2c(C)cc(OC)c(C)c2C)n(C)n1. The van der Waals surface area contributed by atoms with E-state index in [0.717, 1.165) is 17.3 Å². The van der Waals surface area contributed by atoms with E-state index >= 15 is 0 Å². The first kappa shape index (κ1) is 13.5. The molecule has 0 aliphatic heterocycles. The third kappa shape index (κ3) is 2.18. The van der Waals surface area contributed by atoms with Crippen molar-refractivity contribution in [3.63, 3.8) is 0 Å². The Bertz CT molecular complexity index is 614. The predicted octanol–water partition coefficient (Wildman–Crippen LogP) is 3.06. The number of hydrogen-bond donors (Lipinski definition) is 1. The highest BCUT2D eigenvalue weighted by molar-refractivity contribution is 5.73. The maximum absolute atomic E-state index is 5.42. The molecule has 4 nitrogen and oxygen atoms in total. The summed E-state index contributed by atoms with van der Waals surface area (Å²) in [6.45, 7) is 6.33. The molecule has 0 saturated carbocycles. The zero-order valence-electron chi connectivity index (χ0n) is 12.5. The van der Waals surface area contributed by atoms with E-state index in [-0.39, 0.29) is 0 Å². The van der Waals surface area contributed by atoms with Crippen LogP contribution in [0.3, 0.4) is 0 Å². The molecule has 0 radical (unpaired) electrons. The number of aryl methyl sites for hydroxylation is 2. The number of aromatic nitrogens is 2. The summed E-state index contributed by atoms with van der Waals surface area (Å²) in [5, 5.41) is 7.51. The van der Waals surface area contributed by atoms with Crippen LogP contribution in [0, 0.1) is 20.8 Å². The monoisotopic (exact) mass is 259 g/mol. The Labute approximate surface area is 114 Å². The second-order valence-corrected chi connectivity index (χ2v) is 4.81. The smallest absolute Gasteiger partial charge is 0.148 e. The first-order chi connectivity index (χ1) is 8.99. The van der Waals surface area contributed by atoms with Gasteiger partial charge in [-0.05, 0) is 43.5 Å². The number of nitrogens with zero attached hydrogens (tertiary/aromatic N) is 2. The molecule has 1 N–H and O–H groups in total. The van der Waals surface area contributed by atoms with Gasteiger partial charge in [0.15, 0.2) is 0 Å². The Morgan fingerprint density at radius 3 is 2.37 bits per heavy atom. The molecule has 0 fully saturated rings. The van der Waals surface area contributed by atoms with Gasteiger partial charge in [-0.3, -0.25) is 4.68 Å². The normalized spacial score (nSPS) is 10.6. The molecule has 1 aromatic carbocycles. The zero-order valence-corrected chi connectivity index (χ0v) is 12.5. The third-order valence-electron chi connectivity index (χ3n) is 3.66. The van der Waals surface area contributed by atoms with Crippen molar-refractivity contribution >= 4 is 5.82 Å². The number of nitrogens with one attached hydrogen (secondary N) is 1. The Hall–Kier alpha value is -1.97. The second kappa shape index (κ2) is 4.96. The molecule has 2 aromatic rings. The number of methoxy groups -OCH3 is 1. The molecule has 0 amide bonds. The molecule has 0 bridgehead atoms. The van der Waals surface area contributed by atoms with Crippen molar-refractivity contribution in [3.8, 4) is 17.0 Å². The Balaban J connectivity index is 2.68. The van der Waals surface area contributed by atoms with E-state index in [1.807, 2.05) is 18.8 Å². The van der Waals surface area contributed by atoms with Crippen molar-refractivity contribution in [2.45, 2.75) is 20.8 Å². The van der Waals surface area contributed by atoms with E-state index in [0.29, 0.717) is 0 Å². The molecule has 0 aliphatic carbocycles. The van der Waals surface area contributed by atoms with E-state index < -0.39 is 0 Å². The lowest BCUT2D eigenvalue weighted by Gasteiger charge is -2.16. The van der Waals surface area contributed by atoms with Gasteiger partial charge in [0.05, 0.1) is 12.8 Å². The van der Waals surface area contributed by atoms with Crippen LogP contribution in [0.25, 0.3) is 11.3 Å². The molecule has 2 rings (SSSR count). The van der Waals surface area contributed by atoms with E-state index in [1.165, 1.54) is 22.3 Å². The summed E-state index contributed by atoms with van der Waals surface area (Å²) >= 11 is 0. The Kier molecular flexibility index (Phi) is 3.51. The average molecular weight is 259 g/mol. The van der Waals surface area contributed by atoms with Crippen LogP contribution in [-0.4, -0.2) is 23.9 Å². The fraction of sp³-hybridized carbons (Fsp3) is 0.400. The summed E-state index contributed by atoms with van der Waals surface area (Å²) in [5.74, 6) is 1.82. The summed E-state index contributed by atoms with van der Waals surface area (Å²) in [5.41, 5.74) is 5.96. The fourth-order valence-corrected chi connectivity index (χ4v) is 2.47. The molecule has 0 atom stereocenters. The van der Waals surface area contributed by atoms with Gasteiger partial charge in [-0.2, -0.15) is 5.10 Å². The van der Waals surface area contributed by atoms with E-state index in [9.17, 15) is 0 Å². The molecule has 0 spiro atoms. The van der Waals surface area contributed by atoms with E-state index in [4.69, 9.17) is 4.74 Å². The van der Waals surface area contributed by atoms with E-state index in [2.05, 4.69) is 43.3 Å². The van der Waals surface area contributed by atoms with Crippen LogP contribution in [-0.2, 0) is 7.05 Å². The first-order valence-corrected chi connectivity index (χ1v) is 6.36. The van der Waals surface area contributed by atoms with Crippen LogP contribution < -0.4 is 10.1 Å². The number of benzene rings is 1. The van der Waals surface area contributed by atoms with Crippen molar-refractivity contribution in [2.75, 3.05) is 19.5 Å². The minimum Gasteiger partial charge on any atom is -0.496 e. The highest BCUT2D eigenvalue weighted by Gasteiger charge is 2.16. The summed E-state index contributed by atoms with van der Waals surface area (Å²) < 4.78 is 7.33. The van der Waals surface area contributed by atoms with Gasteiger partial charge < -0.3 is 10.1 Å². The van der Waals surface area contributed by atoms with Crippen molar-refractivity contribution in [3.05, 3.63) is 28.8 Å². The maximum Gasteiger partial charge on any atom is 0.148 e. The van der Waals surface area contributed by atoms with Gasteiger partial charge in [0, 0.05) is 25.7 Å². The standard InChI is InChI=1S/C15H21N3O/c1-9-7-13(19-6)10(2)11(3)15(9)12-8-14(16-4)17-18(12)5/h7-8H,1-6H3,(H,16,17). The van der Waals surface area contributed by atoms with E-state index in [1.54, 1.807) is 7.11 Å². The van der Waals surface area contributed by atoms with Crippen molar-refractivity contribution in [1.29, 1.82) is 0 Å². The van der Waals surface area contributed by atoms with Crippen LogP contribution in [0.1, 0.15) is 16.7 Å². The number of ether oxygens (including phenoxy) is 1. The van der Waals surface area contributed by atoms with Crippen molar-refractivity contribution < 1.29 is 4.74 Å². The van der Waals surface area contributed by atoms with Gasteiger partial charge in [0.25, 0.3) is 0 Å². The topological polar surface area (TPSA) is 39.1 Å². The predicted molar refractivity (Wildman–Crippen MR) is 79.0 cm³/mol.